The average molecular weight is 412 g/mol. The quantitative estimate of drug-likeness (QED) is 0.610. The van der Waals surface area contributed by atoms with Crippen LogP contribution in [0.5, 0.6) is 11.5 Å². The van der Waals surface area contributed by atoms with Crippen LogP contribution in [0.4, 0.5) is 5.82 Å². The lowest BCUT2D eigenvalue weighted by molar-refractivity contribution is 0.0743. The van der Waals surface area contributed by atoms with Crippen LogP contribution in [0.15, 0.2) is 48.5 Å². The van der Waals surface area contributed by atoms with E-state index in [1.54, 1.807) is 32.4 Å². The molecule has 0 radical (unpaired) electrons. The maximum atomic E-state index is 13.0. The fraction of sp³-hybridized carbons (Fsp3) is 0.273. The van der Waals surface area contributed by atoms with E-state index < -0.39 is 0 Å². The molecular weight excluding hydrogens is 390 g/mol. The molecule has 1 aromatic heterocycles. The third-order valence-corrected chi connectivity index (χ3v) is 5.50. The minimum atomic E-state index is -0.0475. The first kappa shape index (κ1) is 19.3. The number of hydrogen-bond donors (Lipinski definition) is 0. The van der Waals surface area contributed by atoms with E-state index in [2.05, 4.69) is 9.88 Å². The minimum Gasteiger partial charge on any atom is -0.497 e. The molecule has 7 heteroatoms. The number of rotatable bonds is 4. The van der Waals surface area contributed by atoms with Crippen LogP contribution in [0.1, 0.15) is 10.4 Å². The maximum absolute atomic E-state index is 13.0. The predicted molar refractivity (Wildman–Crippen MR) is 114 cm³/mol. The highest BCUT2D eigenvalue weighted by molar-refractivity contribution is 6.34. The summed E-state index contributed by atoms with van der Waals surface area (Å²) in [7, 11) is 3.14. The van der Waals surface area contributed by atoms with E-state index in [4.69, 9.17) is 21.1 Å². The molecule has 1 saturated heterocycles. The first-order chi connectivity index (χ1) is 14.1. The van der Waals surface area contributed by atoms with E-state index in [0.717, 1.165) is 16.6 Å². The summed E-state index contributed by atoms with van der Waals surface area (Å²) in [5.41, 5.74) is 0.536. The molecule has 0 saturated carbocycles. The van der Waals surface area contributed by atoms with Crippen molar-refractivity contribution >= 4 is 34.1 Å². The van der Waals surface area contributed by atoms with Gasteiger partial charge in [0.2, 0.25) is 0 Å². The highest BCUT2D eigenvalue weighted by atomic mass is 35.5. The summed E-state index contributed by atoms with van der Waals surface area (Å²) in [5, 5.41) is 2.50. The molecule has 2 aromatic carbocycles. The Bertz CT molecular complexity index is 1050. The van der Waals surface area contributed by atoms with Gasteiger partial charge in [0.25, 0.3) is 5.91 Å². The topological polar surface area (TPSA) is 54.9 Å². The molecule has 6 nitrogen and oxygen atoms in total. The van der Waals surface area contributed by atoms with Crippen molar-refractivity contribution in [2.75, 3.05) is 45.3 Å². The molecule has 0 atom stereocenters. The zero-order chi connectivity index (χ0) is 20.4. The van der Waals surface area contributed by atoms with Crippen molar-refractivity contribution in [2.24, 2.45) is 0 Å². The zero-order valence-corrected chi connectivity index (χ0v) is 17.1. The van der Waals surface area contributed by atoms with Crippen molar-refractivity contribution in [3.63, 3.8) is 0 Å². The predicted octanol–water partition coefficient (Wildman–Crippen LogP) is 3.87. The van der Waals surface area contributed by atoms with E-state index in [9.17, 15) is 4.79 Å². The number of pyridine rings is 1. The highest BCUT2D eigenvalue weighted by Crippen LogP contribution is 2.28. The summed E-state index contributed by atoms with van der Waals surface area (Å²) in [5.74, 6) is 1.96. The number of carbonyl (C=O) groups is 1. The maximum Gasteiger partial charge on any atom is 0.257 e. The van der Waals surface area contributed by atoms with Crippen molar-refractivity contribution in [3.05, 3.63) is 59.2 Å². The van der Waals surface area contributed by atoms with Crippen LogP contribution < -0.4 is 14.4 Å². The van der Waals surface area contributed by atoms with Gasteiger partial charge >= 0.3 is 0 Å². The van der Waals surface area contributed by atoms with E-state index in [0.29, 0.717) is 48.4 Å². The van der Waals surface area contributed by atoms with Crippen LogP contribution in [0.2, 0.25) is 5.15 Å². The van der Waals surface area contributed by atoms with Crippen molar-refractivity contribution in [3.8, 4) is 11.5 Å². The molecule has 2 heterocycles. The molecule has 1 aliphatic rings. The van der Waals surface area contributed by atoms with Crippen molar-refractivity contribution in [1.82, 2.24) is 9.88 Å². The lowest BCUT2D eigenvalue weighted by Gasteiger charge is -2.35. The molecule has 150 valence electrons. The number of carbonyl (C=O) groups excluding carboxylic acids is 1. The SMILES string of the molecule is COc1ccc(C(=O)N2CCN(c3cc4ccccc4c(Cl)n3)CC2)c(OC)c1. The molecule has 0 N–H and O–H groups in total. The van der Waals surface area contributed by atoms with Crippen LogP contribution in [0.3, 0.4) is 0 Å². The molecule has 1 aliphatic heterocycles. The van der Waals surface area contributed by atoms with E-state index in [1.807, 2.05) is 35.2 Å². The van der Waals surface area contributed by atoms with Crippen LogP contribution in [0, 0.1) is 0 Å². The summed E-state index contributed by atoms with van der Waals surface area (Å²) >= 11 is 6.37. The molecule has 29 heavy (non-hydrogen) atoms. The third-order valence-electron chi connectivity index (χ3n) is 5.21. The number of methoxy groups -OCH3 is 2. The summed E-state index contributed by atoms with van der Waals surface area (Å²) < 4.78 is 10.6. The number of hydrogen-bond acceptors (Lipinski definition) is 5. The number of piperazine rings is 1. The van der Waals surface area contributed by atoms with Gasteiger partial charge in [0, 0.05) is 37.6 Å². The Morgan fingerprint density at radius 2 is 1.76 bits per heavy atom. The van der Waals surface area contributed by atoms with Gasteiger partial charge in [0.1, 0.15) is 22.5 Å². The molecule has 0 aliphatic carbocycles. The number of fused-ring (bicyclic) bond motifs is 1. The summed E-state index contributed by atoms with van der Waals surface area (Å²) in [6.07, 6.45) is 0. The zero-order valence-electron chi connectivity index (χ0n) is 16.4. The lowest BCUT2D eigenvalue weighted by atomic mass is 10.1. The Balaban J connectivity index is 1.49. The number of nitrogens with zero attached hydrogens (tertiary/aromatic N) is 3. The second kappa shape index (κ2) is 8.17. The molecule has 3 aromatic rings. The molecule has 0 unspecified atom stereocenters. The Kier molecular flexibility index (Phi) is 5.45. The standard InChI is InChI=1S/C22H22ClN3O3/c1-28-16-7-8-18(19(14-16)29-2)22(27)26-11-9-25(10-12-26)20-13-15-5-3-4-6-17(15)21(23)24-20/h3-8,13-14H,9-12H2,1-2H3. The Morgan fingerprint density at radius 1 is 1.00 bits per heavy atom. The largest absolute Gasteiger partial charge is 0.497 e. The first-order valence-electron chi connectivity index (χ1n) is 9.42. The second-order valence-electron chi connectivity index (χ2n) is 6.84. The normalized spacial score (nSPS) is 14.2. The van der Waals surface area contributed by atoms with Crippen LogP contribution in [0.25, 0.3) is 10.8 Å². The van der Waals surface area contributed by atoms with Gasteiger partial charge < -0.3 is 19.3 Å². The molecule has 1 amide bonds. The average Bonchev–Trinajstić information content (AvgIpc) is 2.78. The minimum absolute atomic E-state index is 0.0475. The van der Waals surface area contributed by atoms with Gasteiger partial charge in [-0.2, -0.15) is 0 Å². The lowest BCUT2D eigenvalue weighted by Crippen LogP contribution is -2.49. The fourth-order valence-corrected chi connectivity index (χ4v) is 3.85. The van der Waals surface area contributed by atoms with Crippen molar-refractivity contribution in [2.45, 2.75) is 0 Å². The number of halogens is 1. The van der Waals surface area contributed by atoms with Gasteiger partial charge in [-0.25, -0.2) is 4.98 Å². The molecular formula is C22H22ClN3O3. The molecule has 4 rings (SSSR count). The fourth-order valence-electron chi connectivity index (χ4n) is 3.59. The number of benzene rings is 2. The Labute approximate surface area is 174 Å². The van der Waals surface area contributed by atoms with Gasteiger partial charge in [-0.1, -0.05) is 35.9 Å². The number of amides is 1. The van der Waals surface area contributed by atoms with Crippen molar-refractivity contribution in [1.29, 1.82) is 0 Å². The van der Waals surface area contributed by atoms with Gasteiger partial charge in [-0.15, -0.1) is 0 Å². The third kappa shape index (κ3) is 3.80. The summed E-state index contributed by atoms with van der Waals surface area (Å²) in [4.78, 5) is 21.6. The number of ether oxygens (including phenoxy) is 2. The second-order valence-corrected chi connectivity index (χ2v) is 7.20. The summed E-state index contributed by atoms with van der Waals surface area (Å²) in [6.45, 7) is 2.57. The smallest absolute Gasteiger partial charge is 0.257 e. The Hall–Kier alpha value is -2.99. The van der Waals surface area contributed by atoms with Gasteiger partial charge in [0.05, 0.1) is 19.8 Å². The number of aromatic nitrogens is 1. The van der Waals surface area contributed by atoms with Gasteiger partial charge in [0.15, 0.2) is 0 Å². The van der Waals surface area contributed by atoms with E-state index in [1.165, 1.54) is 0 Å². The van der Waals surface area contributed by atoms with Gasteiger partial charge in [-0.3, -0.25) is 4.79 Å². The molecule has 1 fully saturated rings. The van der Waals surface area contributed by atoms with E-state index >= 15 is 0 Å². The Morgan fingerprint density at radius 3 is 2.48 bits per heavy atom. The summed E-state index contributed by atoms with van der Waals surface area (Å²) in [6, 6.07) is 15.2. The first-order valence-corrected chi connectivity index (χ1v) is 9.80. The monoisotopic (exact) mass is 411 g/mol. The van der Waals surface area contributed by atoms with Crippen molar-refractivity contribution < 1.29 is 14.3 Å². The van der Waals surface area contributed by atoms with Crippen LogP contribution >= 0.6 is 11.6 Å². The van der Waals surface area contributed by atoms with Crippen LogP contribution in [-0.2, 0) is 0 Å². The van der Waals surface area contributed by atoms with Crippen LogP contribution in [-0.4, -0.2) is 56.2 Å². The van der Waals surface area contributed by atoms with Gasteiger partial charge in [-0.05, 0) is 23.6 Å². The van der Waals surface area contributed by atoms with E-state index in [-0.39, 0.29) is 5.91 Å². The number of anilines is 1. The highest BCUT2D eigenvalue weighted by Gasteiger charge is 2.25. The molecule has 0 spiro atoms. The molecule has 0 bridgehead atoms.